The summed E-state index contributed by atoms with van der Waals surface area (Å²) in [5, 5.41) is 17.9. The van der Waals surface area contributed by atoms with Crippen molar-refractivity contribution < 1.29 is 19.8 Å². The van der Waals surface area contributed by atoms with Gasteiger partial charge in [0, 0.05) is 11.1 Å². The fraction of sp³-hybridized carbons (Fsp3) is 0. The van der Waals surface area contributed by atoms with Gasteiger partial charge in [-0.2, -0.15) is 0 Å². The van der Waals surface area contributed by atoms with Gasteiger partial charge in [-0.3, -0.25) is 4.79 Å². The Labute approximate surface area is 79.1 Å². The number of aliphatic hydroxyl groups excluding tert-OH is 1. The van der Waals surface area contributed by atoms with Crippen molar-refractivity contribution in [1.29, 1.82) is 0 Å². The molecule has 0 fully saturated rings. The van der Waals surface area contributed by atoms with Crippen molar-refractivity contribution in [2.24, 2.45) is 0 Å². The molecule has 1 aromatic carbocycles. The van der Waals surface area contributed by atoms with Crippen LogP contribution in [0.25, 0.3) is 6.08 Å². The summed E-state index contributed by atoms with van der Waals surface area (Å²) in [6.45, 7) is 0. The Hall–Kier alpha value is -2.10. The lowest BCUT2D eigenvalue weighted by atomic mass is 10.0. The van der Waals surface area contributed by atoms with Gasteiger partial charge < -0.3 is 10.2 Å². The third-order valence-electron chi connectivity index (χ3n) is 2.09. The largest absolute Gasteiger partial charge is 0.504 e. The van der Waals surface area contributed by atoms with E-state index in [0.717, 1.165) is 0 Å². The average molecular weight is 190 g/mol. The zero-order chi connectivity index (χ0) is 10.3. The van der Waals surface area contributed by atoms with Gasteiger partial charge in [0.05, 0.1) is 5.56 Å². The van der Waals surface area contributed by atoms with E-state index in [0.29, 0.717) is 0 Å². The van der Waals surface area contributed by atoms with Crippen molar-refractivity contribution in [3.8, 4) is 0 Å². The quantitative estimate of drug-likeness (QED) is 0.703. The number of carboxylic acids is 1. The first-order valence-corrected chi connectivity index (χ1v) is 3.93. The van der Waals surface area contributed by atoms with E-state index in [1.54, 1.807) is 0 Å². The van der Waals surface area contributed by atoms with Crippen molar-refractivity contribution in [1.82, 2.24) is 0 Å². The van der Waals surface area contributed by atoms with E-state index in [9.17, 15) is 9.59 Å². The molecule has 0 saturated carbocycles. The number of benzene rings is 1. The summed E-state index contributed by atoms with van der Waals surface area (Å²) in [5.41, 5.74) is 0.546. The Kier molecular flexibility index (Phi) is 1.64. The highest BCUT2D eigenvalue weighted by Gasteiger charge is 2.25. The number of carboxylic acid groups (broad SMARTS) is 1. The molecule has 0 saturated heterocycles. The predicted octanol–water partition coefficient (Wildman–Crippen LogP) is 1.48. The van der Waals surface area contributed by atoms with Crippen LogP contribution in [0.2, 0.25) is 0 Å². The number of allylic oxidation sites excluding steroid dienone is 1. The van der Waals surface area contributed by atoms with E-state index in [-0.39, 0.29) is 16.7 Å². The van der Waals surface area contributed by atoms with Gasteiger partial charge in [0.1, 0.15) is 0 Å². The second-order valence-corrected chi connectivity index (χ2v) is 2.93. The lowest BCUT2D eigenvalue weighted by Crippen LogP contribution is -2.02. The third kappa shape index (κ3) is 1.01. The van der Waals surface area contributed by atoms with Crippen LogP contribution in [0.4, 0.5) is 0 Å². The van der Waals surface area contributed by atoms with Gasteiger partial charge in [0.15, 0.2) is 5.76 Å². The van der Waals surface area contributed by atoms with Gasteiger partial charge in [-0.25, -0.2) is 4.79 Å². The number of ketones is 1. The van der Waals surface area contributed by atoms with E-state index in [1.807, 2.05) is 0 Å². The maximum Gasteiger partial charge on any atom is 0.336 e. The standard InChI is InChI=1S/C10H6O4/c11-8-4-7-5(9(8)12)2-1-3-6(7)10(13)14/h1-4H,(H,11,12)(H,13,14). The topological polar surface area (TPSA) is 74.6 Å². The molecule has 14 heavy (non-hydrogen) atoms. The van der Waals surface area contributed by atoms with Crippen molar-refractivity contribution >= 4 is 17.8 Å². The lowest BCUT2D eigenvalue weighted by Gasteiger charge is -2.00. The van der Waals surface area contributed by atoms with Crippen LogP contribution in [-0.4, -0.2) is 22.0 Å². The minimum atomic E-state index is -1.11. The molecule has 0 unspecified atom stereocenters. The first-order valence-electron chi connectivity index (χ1n) is 3.93. The molecule has 1 aromatic rings. The van der Waals surface area contributed by atoms with Crippen LogP contribution in [0, 0.1) is 0 Å². The average Bonchev–Trinajstić information content (AvgIpc) is 2.43. The summed E-state index contributed by atoms with van der Waals surface area (Å²) in [6.07, 6.45) is 1.18. The molecule has 0 atom stereocenters. The molecule has 0 amide bonds. The van der Waals surface area contributed by atoms with Crippen molar-refractivity contribution in [3.05, 3.63) is 40.6 Å². The molecule has 4 nitrogen and oxygen atoms in total. The molecule has 0 aliphatic heterocycles. The van der Waals surface area contributed by atoms with Gasteiger partial charge in [0.2, 0.25) is 5.78 Å². The monoisotopic (exact) mass is 190 g/mol. The molecule has 0 heterocycles. The Morgan fingerprint density at radius 3 is 2.64 bits per heavy atom. The molecule has 1 aliphatic rings. The molecule has 0 aromatic heterocycles. The van der Waals surface area contributed by atoms with Crippen molar-refractivity contribution in [2.75, 3.05) is 0 Å². The van der Waals surface area contributed by atoms with Gasteiger partial charge >= 0.3 is 5.97 Å². The number of hydrogen-bond donors (Lipinski definition) is 2. The summed E-state index contributed by atoms with van der Waals surface area (Å²) < 4.78 is 0. The second-order valence-electron chi connectivity index (χ2n) is 2.93. The van der Waals surface area contributed by atoms with Crippen LogP contribution in [0.1, 0.15) is 26.3 Å². The summed E-state index contributed by atoms with van der Waals surface area (Å²) >= 11 is 0. The third-order valence-corrected chi connectivity index (χ3v) is 2.09. The number of Topliss-reactive ketones (excluding diaryl/α,β-unsaturated/α-hetero) is 1. The molecule has 0 spiro atoms. The molecule has 1 aliphatic carbocycles. The van der Waals surface area contributed by atoms with Crippen molar-refractivity contribution in [2.45, 2.75) is 0 Å². The molecule has 4 heteroatoms. The molecule has 0 radical (unpaired) electrons. The predicted molar refractivity (Wildman–Crippen MR) is 48.3 cm³/mol. The van der Waals surface area contributed by atoms with Crippen LogP contribution in [0.5, 0.6) is 0 Å². The van der Waals surface area contributed by atoms with E-state index < -0.39 is 17.5 Å². The zero-order valence-electron chi connectivity index (χ0n) is 7.02. The second kappa shape index (κ2) is 2.70. The number of carbonyl (C=O) groups excluding carboxylic acids is 1. The first-order chi connectivity index (χ1) is 6.61. The van der Waals surface area contributed by atoms with Crippen LogP contribution in [0.3, 0.4) is 0 Å². The molecule has 70 valence electrons. The number of carbonyl (C=O) groups is 2. The molecule has 2 rings (SSSR count). The van der Waals surface area contributed by atoms with E-state index in [1.165, 1.54) is 24.3 Å². The molecule has 2 N–H and O–H groups in total. The number of aliphatic hydroxyl groups is 1. The smallest absolute Gasteiger partial charge is 0.336 e. The van der Waals surface area contributed by atoms with Gasteiger partial charge in [-0.05, 0) is 12.1 Å². The van der Waals surface area contributed by atoms with Crippen LogP contribution in [0.15, 0.2) is 24.0 Å². The maximum atomic E-state index is 11.3. The maximum absolute atomic E-state index is 11.3. The molecular weight excluding hydrogens is 184 g/mol. The number of fused-ring (bicyclic) bond motifs is 1. The van der Waals surface area contributed by atoms with Crippen molar-refractivity contribution in [3.63, 3.8) is 0 Å². The fourth-order valence-electron chi connectivity index (χ4n) is 1.45. The van der Waals surface area contributed by atoms with Gasteiger partial charge in [0.25, 0.3) is 0 Å². The lowest BCUT2D eigenvalue weighted by molar-refractivity contribution is 0.0696. The fourth-order valence-corrected chi connectivity index (χ4v) is 1.45. The van der Waals surface area contributed by atoms with Crippen LogP contribution < -0.4 is 0 Å². The zero-order valence-corrected chi connectivity index (χ0v) is 7.02. The summed E-state index contributed by atoms with van der Waals surface area (Å²) in [6, 6.07) is 4.36. The minimum Gasteiger partial charge on any atom is -0.504 e. The summed E-state index contributed by atoms with van der Waals surface area (Å²) in [5.74, 6) is -2.04. The normalized spacial score (nSPS) is 13.7. The Morgan fingerprint density at radius 2 is 2.00 bits per heavy atom. The summed E-state index contributed by atoms with van der Waals surface area (Å²) in [4.78, 5) is 22.0. The van der Waals surface area contributed by atoms with Gasteiger partial charge in [-0.15, -0.1) is 0 Å². The SMILES string of the molecule is O=C(O)c1cccc2c1C=C(O)C2=O. The number of hydrogen-bond acceptors (Lipinski definition) is 3. The number of aromatic carboxylic acids is 1. The van der Waals surface area contributed by atoms with Crippen LogP contribution in [-0.2, 0) is 0 Å². The Balaban J connectivity index is 2.71. The highest BCUT2D eigenvalue weighted by Crippen LogP contribution is 2.26. The van der Waals surface area contributed by atoms with E-state index >= 15 is 0 Å². The van der Waals surface area contributed by atoms with Crippen LogP contribution >= 0.6 is 0 Å². The highest BCUT2D eigenvalue weighted by molar-refractivity contribution is 6.18. The summed E-state index contributed by atoms with van der Waals surface area (Å²) in [7, 11) is 0. The minimum absolute atomic E-state index is 0.0277. The van der Waals surface area contributed by atoms with E-state index in [2.05, 4.69) is 0 Å². The number of rotatable bonds is 1. The molecular formula is C10H6O4. The first kappa shape index (κ1) is 8.50. The Bertz CT molecular complexity index is 471. The Morgan fingerprint density at radius 1 is 1.29 bits per heavy atom. The molecule has 0 bridgehead atoms. The highest BCUT2D eigenvalue weighted by atomic mass is 16.4. The van der Waals surface area contributed by atoms with E-state index in [4.69, 9.17) is 10.2 Å². The van der Waals surface area contributed by atoms with Gasteiger partial charge in [-0.1, -0.05) is 12.1 Å².